The fraction of sp³-hybridized carbons (Fsp3) is 0.250. The lowest BCUT2D eigenvalue weighted by Gasteiger charge is -2.13. The van der Waals surface area contributed by atoms with Gasteiger partial charge in [0.2, 0.25) is 0 Å². The van der Waals surface area contributed by atoms with Crippen molar-refractivity contribution in [1.29, 1.82) is 0 Å². The number of rotatable bonds is 5. The maximum atomic E-state index is 12.1. The largest absolute Gasteiger partial charge is 0.353 e. The third-order valence-electron chi connectivity index (χ3n) is 3.20. The molecule has 22 heavy (non-hydrogen) atoms. The SMILES string of the molecule is CCC(C)NC(=O)c1cncc(Nc2cc(Cl)ccc2Cl)c1. The molecule has 1 aromatic carbocycles. The molecule has 0 saturated carbocycles. The molecule has 0 bridgehead atoms. The lowest BCUT2D eigenvalue weighted by atomic mass is 10.2. The Morgan fingerprint density at radius 3 is 2.77 bits per heavy atom. The highest BCUT2D eigenvalue weighted by Gasteiger charge is 2.10. The summed E-state index contributed by atoms with van der Waals surface area (Å²) in [6.45, 7) is 3.97. The maximum absolute atomic E-state index is 12.1. The summed E-state index contributed by atoms with van der Waals surface area (Å²) in [7, 11) is 0. The van der Waals surface area contributed by atoms with Crippen LogP contribution in [0.25, 0.3) is 0 Å². The number of nitrogens with zero attached hydrogens (tertiary/aromatic N) is 1. The average molecular weight is 338 g/mol. The van der Waals surface area contributed by atoms with Gasteiger partial charge in [-0.3, -0.25) is 9.78 Å². The Kier molecular flexibility index (Phi) is 5.63. The quantitative estimate of drug-likeness (QED) is 0.834. The molecule has 0 aliphatic rings. The topological polar surface area (TPSA) is 54.0 Å². The summed E-state index contributed by atoms with van der Waals surface area (Å²) in [6.07, 6.45) is 4.02. The fourth-order valence-electron chi connectivity index (χ4n) is 1.79. The number of hydrogen-bond donors (Lipinski definition) is 2. The molecule has 1 amide bonds. The molecule has 0 aliphatic heterocycles. The minimum absolute atomic E-state index is 0.117. The van der Waals surface area contributed by atoms with Crippen molar-refractivity contribution in [1.82, 2.24) is 10.3 Å². The predicted molar refractivity (Wildman–Crippen MR) is 91.2 cm³/mol. The Morgan fingerprint density at radius 1 is 1.27 bits per heavy atom. The molecule has 2 N–H and O–H groups in total. The molecule has 1 unspecified atom stereocenters. The van der Waals surface area contributed by atoms with E-state index in [2.05, 4.69) is 15.6 Å². The molecule has 2 aromatic rings. The summed E-state index contributed by atoms with van der Waals surface area (Å²) in [4.78, 5) is 16.2. The van der Waals surface area contributed by atoms with Crippen molar-refractivity contribution in [3.63, 3.8) is 0 Å². The molecule has 0 aliphatic carbocycles. The second kappa shape index (κ2) is 7.47. The van der Waals surface area contributed by atoms with Gasteiger partial charge < -0.3 is 10.6 Å². The Bertz CT molecular complexity index is 676. The lowest BCUT2D eigenvalue weighted by molar-refractivity contribution is 0.0939. The number of anilines is 2. The molecule has 1 aromatic heterocycles. The van der Waals surface area contributed by atoms with Gasteiger partial charge in [0.1, 0.15) is 0 Å². The molecule has 4 nitrogen and oxygen atoms in total. The van der Waals surface area contributed by atoms with Gasteiger partial charge in [-0.1, -0.05) is 30.1 Å². The van der Waals surface area contributed by atoms with Crippen molar-refractivity contribution in [2.24, 2.45) is 0 Å². The zero-order valence-corrected chi connectivity index (χ0v) is 13.9. The van der Waals surface area contributed by atoms with Gasteiger partial charge in [0.05, 0.1) is 28.2 Å². The van der Waals surface area contributed by atoms with Gasteiger partial charge in [0.15, 0.2) is 0 Å². The van der Waals surface area contributed by atoms with Crippen molar-refractivity contribution in [3.8, 4) is 0 Å². The van der Waals surface area contributed by atoms with Crippen LogP contribution in [0.1, 0.15) is 30.6 Å². The van der Waals surface area contributed by atoms with E-state index in [9.17, 15) is 4.79 Å². The van der Waals surface area contributed by atoms with Gasteiger partial charge in [-0.25, -0.2) is 0 Å². The minimum atomic E-state index is -0.150. The lowest BCUT2D eigenvalue weighted by Crippen LogP contribution is -2.31. The van der Waals surface area contributed by atoms with Crippen LogP contribution in [-0.4, -0.2) is 16.9 Å². The van der Waals surface area contributed by atoms with Crippen LogP contribution >= 0.6 is 23.2 Å². The van der Waals surface area contributed by atoms with E-state index in [0.717, 1.165) is 6.42 Å². The summed E-state index contributed by atoms with van der Waals surface area (Å²) in [5, 5.41) is 7.14. The summed E-state index contributed by atoms with van der Waals surface area (Å²) in [5.41, 5.74) is 1.82. The Balaban J connectivity index is 2.18. The molecule has 0 radical (unpaired) electrons. The van der Waals surface area contributed by atoms with E-state index in [1.807, 2.05) is 13.8 Å². The van der Waals surface area contributed by atoms with Crippen molar-refractivity contribution in [3.05, 3.63) is 52.3 Å². The maximum Gasteiger partial charge on any atom is 0.253 e. The molecular formula is C16H17Cl2N3O. The molecule has 2 rings (SSSR count). The Labute approximate surface area is 139 Å². The Morgan fingerprint density at radius 2 is 2.05 bits per heavy atom. The minimum Gasteiger partial charge on any atom is -0.353 e. The predicted octanol–water partition coefficient (Wildman–Crippen LogP) is 4.66. The van der Waals surface area contributed by atoms with E-state index in [4.69, 9.17) is 23.2 Å². The highest BCUT2D eigenvalue weighted by molar-refractivity contribution is 6.35. The highest BCUT2D eigenvalue weighted by atomic mass is 35.5. The number of nitrogens with one attached hydrogen (secondary N) is 2. The molecule has 1 heterocycles. The number of amides is 1. The highest BCUT2D eigenvalue weighted by Crippen LogP contribution is 2.28. The van der Waals surface area contributed by atoms with Gasteiger partial charge >= 0.3 is 0 Å². The third kappa shape index (κ3) is 4.36. The van der Waals surface area contributed by atoms with Crippen LogP contribution < -0.4 is 10.6 Å². The van der Waals surface area contributed by atoms with Gasteiger partial charge in [-0.2, -0.15) is 0 Å². The Hall–Kier alpha value is -1.78. The van der Waals surface area contributed by atoms with E-state index in [1.54, 1.807) is 30.5 Å². The van der Waals surface area contributed by atoms with Crippen molar-refractivity contribution in [2.75, 3.05) is 5.32 Å². The van der Waals surface area contributed by atoms with Crippen LogP contribution in [0, 0.1) is 0 Å². The number of halogens is 2. The number of pyridine rings is 1. The van der Waals surface area contributed by atoms with E-state index in [-0.39, 0.29) is 11.9 Å². The summed E-state index contributed by atoms with van der Waals surface area (Å²) < 4.78 is 0. The van der Waals surface area contributed by atoms with Crippen LogP contribution in [0.4, 0.5) is 11.4 Å². The first-order chi connectivity index (χ1) is 10.5. The average Bonchev–Trinajstić information content (AvgIpc) is 2.51. The van der Waals surface area contributed by atoms with Gasteiger partial charge in [-0.15, -0.1) is 0 Å². The van der Waals surface area contributed by atoms with Crippen molar-refractivity contribution < 1.29 is 4.79 Å². The molecule has 0 fully saturated rings. The fourth-order valence-corrected chi connectivity index (χ4v) is 2.13. The van der Waals surface area contributed by atoms with Crippen LogP contribution in [0.5, 0.6) is 0 Å². The van der Waals surface area contributed by atoms with Gasteiger partial charge in [-0.05, 0) is 37.6 Å². The molecule has 0 saturated heterocycles. The normalized spacial score (nSPS) is 11.8. The molecule has 6 heteroatoms. The number of carbonyl (C=O) groups excluding carboxylic acids is 1. The molecular weight excluding hydrogens is 321 g/mol. The van der Waals surface area contributed by atoms with E-state index >= 15 is 0 Å². The second-order valence-electron chi connectivity index (χ2n) is 4.99. The number of carbonyl (C=O) groups is 1. The zero-order valence-electron chi connectivity index (χ0n) is 12.4. The van der Waals surface area contributed by atoms with Crippen LogP contribution in [0.15, 0.2) is 36.7 Å². The summed E-state index contributed by atoms with van der Waals surface area (Å²) >= 11 is 12.1. The van der Waals surface area contributed by atoms with Crippen LogP contribution in [0.3, 0.4) is 0 Å². The van der Waals surface area contributed by atoms with Crippen molar-refractivity contribution >= 4 is 40.5 Å². The monoisotopic (exact) mass is 337 g/mol. The van der Waals surface area contributed by atoms with Gasteiger partial charge in [0.25, 0.3) is 5.91 Å². The smallest absolute Gasteiger partial charge is 0.253 e. The third-order valence-corrected chi connectivity index (χ3v) is 3.76. The van der Waals surface area contributed by atoms with Crippen molar-refractivity contribution in [2.45, 2.75) is 26.3 Å². The van der Waals surface area contributed by atoms with Crippen LogP contribution in [0.2, 0.25) is 10.0 Å². The first-order valence-electron chi connectivity index (χ1n) is 6.97. The van der Waals surface area contributed by atoms with Gasteiger partial charge in [0, 0.05) is 17.3 Å². The van der Waals surface area contributed by atoms with Crippen LogP contribution in [-0.2, 0) is 0 Å². The number of hydrogen-bond acceptors (Lipinski definition) is 3. The van der Waals surface area contributed by atoms with E-state index < -0.39 is 0 Å². The number of aromatic nitrogens is 1. The molecule has 1 atom stereocenters. The summed E-state index contributed by atoms with van der Waals surface area (Å²) in [6, 6.07) is 6.98. The number of benzene rings is 1. The first kappa shape index (κ1) is 16.6. The zero-order chi connectivity index (χ0) is 16.1. The van der Waals surface area contributed by atoms with E-state index in [1.165, 1.54) is 6.20 Å². The first-order valence-corrected chi connectivity index (χ1v) is 7.73. The standard InChI is InChI=1S/C16H17Cl2N3O/c1-3-10(2)20-16(22)11-6-13(9-19-8-11)21-15-7-12(17)4-5-14(15)18/h4-10,21H,3H2,1-2H3,(H,20,22). The second-order valence-corrected chi connectivity index (χ2v) is 5.84. The molecule has 0 spiro atoms. The molecule has 116 valence electrons. The van der Waals surface area contributed by atoms with E-state index in [0.29, 0.717) is 27.0 Å². The summed E-state index contributed by atoms with van der Waals surface area (Å²) in [5.74, 6) is -0.150.